The minimum absolute atomic E-state index is 0.234. The largest absolute Gasteiger partial charge is 0.444 e. The Morgan fingerprint density at radius 2 is 1.62 bits per heavy atom. The molecule has 1 N–H and O–H groups in total. The topological polar surface area (TPSA) is 101 Å². The molecule has 0 saturated carbocycles. The lowest BCUT2D eigenvalue weighted by Crippen LogP contribution is -2.52. The van der Waals surface area contributed by atoms with Crippen LogP contribution in [0.1, 0.15) is 59.1 Å². The number of nitrogens with zero attached hydrogens (tertiary/aromatic N) is 3. The molecule has 10 heteroatoms. The van der Waals surface area contributed by atoms with Crippen LogP contribution in [-0.4, -0.2) is 103 Å². The smallest absolute Gasteiger partial charge is 0.410 e. The van der Waals surface area contributed by atoms with E-state index in [1.54, 1.807) is 23.8 Å². The molecule has 1 aromatic carbocycles. The molecule has 218 valence electrons. The number of carbonyl (C=O) groups excluding carboxylic acids is 3. The van der Waals surface area contributed by atoms with Gasteiger partial charge < -0.3 is 34.2 Å². The molecule has 0 bridgehead atoms. The highest BCUT2D eigenvalue weighted by molar-refractivity contribution is 5.79. The third-order valence-electron chi connectivity index (χ3n) is 7.43. The molecule has 2 fully saturated rings. The summed E-state index contributed by atoms with van der Waals surface area (Å²) in [6.45, 7) is 12.5. The van der Waals surface area contributed by atoms with Crippen LogP contribution in [-0.2, 0) is 19.0 Å². The van der Waals surface area contributed by atoms with Gasteiger partial charge in [-0.1, -0.05) is 37.3 Å². The Hall–Kier alpha value is -2.85. The summed E-state index contributed by atoms with van der Waals surface area (Å²) in [6.07, 6.45) is -0.434. The first-order valence-corrected chi connectivity index (χ1v) is 13.9. The van der Waals surface area contributed by atoms with Gasteiger partial charge in [0, 0.05) is 39.8 Å². The van der Waals surface area contributed by atoms with Crippen LogP contribution in [0.25, 0.3) is 0 Å². The Morgan fingerprint density at radius 3 is 2.21 bits per heavy atom. The molecule has 2 aliphatic rings. The van der Waals surface area contributed by atoms with Crippen LogP contribution in [0.2, 0.25) is 0 Å². The number of likely N-dealkylation sites (N-methyl/N-ethyl adjacent to an activating group) is 1. The van der Waals surface area contributed by atoms with Crippen LogP contribution >= 0.6 is 0 Å². The molecular weight excluding hydrogens is 500 g/mol. The van der Waals surface area contributed by atoms with Crippen molar-refractivity contribution < 1.29 is 28.6 Å². The third-order valence-corrected chi connectivity index (χ3v) is 7.43. The number of benzene rings is 1. The second-order valence-electron chi connectivity index (χ2n) is 11.7. The van der Waals surface area contributed by atoms with Crippen molar-refractivity contribution in [1.82, 2.24) is 20.0 Å². The van der Waals surface area contributed by atoms with Gasteiger partial charge in [-0.15, -0.1) is 0 Å². The lowest BCUT2D eigenvalue weighted by atomic mass is 9.94. The molecule has 2 aliphatic heterocycles. The lowest BCUT2D eigenvalue weighted by Gasteiger charge is -2.36. The van der Waals surface area contributed by atoms with Gasteiger partial charge in [-0.2, -0.15) is 0 Å². The van der Waals surface area contributed by atoms with Crippen molar-refractivity contribution in [3.8, 4) is 0 Å². The summed E-state index contributed by atoms with van der Waals surface area (Å²) in [7, 11) is 3.59. The Labute approximate surface area is 232 Å². The van der Waals surface area contributed by atoms with Gasteiger partial charge in [0.25, 0.3) is 0 Å². The van der Waals surface area contributed by atoms with E-state index in [0.29, 0.717) is 19.6 Å². The van der Waals surface area contributed by atoms with Crippen molar-refractivity contribution in [2.75, 3.05) is 46.9 Å². The van der Waals surface area contributed by atoms with Crippen LogP contribution in [0.4, 0.5) is 9.59 Å². The first kappa shape index (κ1) is 30.7. The second-order valence-corrected chi connectivity index (χ2v) is 11.7. The van der Waals surface area contributed by atoms with Crippen molar-refractivity contribution in [2.24, 2.45) is 5.92 Å². The summed E-state index contributed by atoms with van der Waals surface area (Å²) in [5.41, 5.74) is 0.190. The molecule has 3 amide bonds. The SMILES string of the molecule is CO[C@H]([C@@H](C)C(=O)N[C@H](C)[C@@H](OC(=O)N1CCN(C)CC1)c1ccccc1)[C@@H]1CCCN1C(=O)OC(C)(C)C. The van der Waals surface area contributed by atoms with Crippen LogP contribution in [0.15, 0.2) is 30.3 Å². The van der Waals surface area contributed by atoms with E-state index in [-0.39, 0.29) is 18.0 Å². The predicted molar refractivity (Wildman–Crippen MR) is 148 cm³/mol. The van der Waals surface area contributed by atoms with Gasteiger partial charge in [0.2, 0.25) is 5.91 Å². The van der Waals surface area contributed by atoms with Crippen LogP contribution < -0.4 is 5.32 Å². The van der Waals surface area contributed by atoms with Crippen molar-refractivity contribution in [3.05, 3.63) is 35.9 Å². The summed E-state index contributed by atoms with van der Waals surface area (Å²) in [5.74, 6) is -0.794. The maximum absolute atomic E-state index is 13.5. The molecule has 0 aromatic heterocycles. The van der Waals surface area contributed by atoms with Gasteiger partial charge in [0.15, 0.2) is 0 Å². The Bertz CT molecular complexity index is 960. The first-order chi connectivity index (χ1) is 18.4. The quantitative estimate of drug-likeness (QED) is 0.531. The molecule has 0 radical (unpaired) electrons. The molecule has 3 rings (SSSR count). The van der Waals surface area contributed by atoms with E-state index >= 15 is 0 Å². The summed E-state index contributed by atoms with van der Waals surface area (Å²) in [5, 5.41) is 3.06. The van der Waals surface area contributed by atoms with E-state index in [9.17, 15) is 14.4 Å². The summed E-state index contributed by atoms with van der Waals surface area (Å²) < 4.78 is 17.4. The number of hydrogen-bond acceptors (Lipinski definition) is 7. The van der Waals surface area contributed by atoms with Crippen molar-refractivity contribution >= 4 is 18.1 Å². The fraction of sp³-hybridized carbons (Fsp3) is 0.690. The van der Waals surface area contributed by atoms with Crippen molar-refractivity contribution in [1.29, 1.82) is 0 Å². The number of likely N-dealkylation sites (tertiary alicyclic amines) is 1. The molecule has 2 saturated heterocycles. The third kappa shape index (κ3) is 8.32. The van der Waals surface area contributed by atoms with Gasteiger partial charge >= 0.3 is 12.2 Å². The first-order valence-electron chi connectivity index (χ1n) is 13.9. The minimum Gasteiger partial charge on any atom is -0.444 e. The van der Waals surface area contributed by atoms with E-state index in [1.807, 2.05) is 65.1 Å². The van der Waals surface area contributed by atoms with E-state index in [2.05, 4.69) is 10.2 Å². The standard InChI is InChI=1S/C29H46N4O6/c1-20(24(37-7)23-14-11-15-33(23)28(36)39-29(3,4)5)26(34)30-21(2)25(22-12-9-8-10-13-22)38-27(35)32-18-16-31(6)17-19-32/h8-10,12-13,20-21,23-25H,11,14-19H2,1-7H3,(H,30,34)/t20-,21-,23+,24-,25-/m1/s1. The zero-order chi connectivity index (χ0) is 28.7. The number of amides is 3. The highest BCUT2D eigenvalue weighted by atomic mass is 16.6. The lowest BCUT2D eigenvalue weighted by molar-refractivity contribution is -0.132. The Balaban J connectivity index is 1.70. The van der Waals surface area contributed by atoms with Crippen LogP contribution in [0.5, 0.6) is 0 Å². The zero-order valence-electron chi connectivity index (χ0n) is 24.5. The van der Waals surface area contributed by atoms with Gasteiger partial charge in [0.05, 0.1) is 24.1 Å². The zero-order valence-corrected chi connectivity index (χ0v) is 24.5. The molecule has 5 atom stereocenters. The number of piperazine rings is 1. The summed E-state index contributed by atoms with van der Waals surface area (Å²) >= 11 is 0. The number of nitrogens with one attached hydrogen (secondary N) is 1. The molecular formula is C29H46N4O6. The molecule has 0 unspecified atom stereocenters. The highest BCUT2D eigenvalue weighted by Gasteiger charge is 2.42. The summed E-state index contributed by atoms with van der Waals surface area (Å²) in [4.78, 5) is 44.9. The minimum atomic E-state index is -0.666. The molecule has 2 heterocycles. The van der Waals surface area contributed by atoms with Crippen LogP contribution in [0.3, 0.4) is 0 Å². The monoisotopic (exact) mass is 546 g/mol. The molecule has 0 spiro atoms. The van der Waals surface area contributed by atoms with Gasteiger partial charge in [-0.25, -0.2) is 9.59 Å². The van der Waals surface area contributed by atoms with E-state index in [1.165, 1.54) is 0 Å². The molecule has 1 aromatic rings. The number of carbonyl (C=O) groups is 3. The normalized spacial score (nSPS) is 21.6. The molecule has 39 heavy (non-hydrogen) atoms. The fourth-order valence-electron chi connectivity index (χ4n) is 5.23. The Kier molecular flexibility index (Phi) is 10.6. The molecule has 0 aliphatic carbocycles. The van der Waals surface area contributed by atoms with Crippen LogP contribution in [0, 0.1) is 5.92 Å². The molecule has 10 nitrogen and oxygen atoms in total. The maximum atomic E-state index is 13.5. The number of ether oxygens (including phenoxy) is 3. The Morgan fingerprint density at radius 1 is 0.974 bits per heavy atom. The maximum Gasteiger partial charge on any atom is 0.410 e. The highest BCUT2D eigenvalue weighted by Crippen LogP contribution is 2.29. The van der Waals surface area contributed by atoms with Gasteiger partial charge in [-0.05, 0) is 53.1 Å². The fourth-order valence-corrected chi connectivity index (χ4v) is 5.23. The van der Waals surface area contributed by atoms with Gasteiger partial charge in [-0.3, -0.25) is 4.79 Å². The van der Waals surface area contributed by atoms with Crippen molar-refractivity contribution in [2.45, 2.75) is 77.4 Å². The average molecular weight is 547 g/mol. The van der Waals surface area contributed by atoms with E-state index < -0.39 is 35.9 Å². The van der Waals surface area contributed by atoms with E-state index in [0.717, 1.165) is 31.5 Å². The summed E-state index contributed by atoms with van der Waals surface area (Å²) in [6, 6.07) is 8.68. The number of rotatable bonds is 8. The second kappa shape index (κ2) is 13.5. The number of hydrogen-bond donors (Lipinski definition) is 1. The average Bonchev–Trinajstić information content (AvgIpc) is 3.37. The van der Waals surface area contributed by atoms with E-state index in [4.69, 9.17) is 14.2 Å². The number of methoxy groups -OCH3 is 1. The predicted octanol–water partition coefficient (Wildman–Crippen LogP) is 3.67. The van der Waals surface area contributed by atoms with Gasteiger partial charge in [0.1, 0.15) is 11.7 Å². The van der Waals surface area contributed by atoms with Crippen molar-refractivity contribution in [3.63, 3.8) is 0 Å².